The van der Waals surface area contributed by atoms with E-state index < -0.39 is 0 Å². The van der Waals surface area contributed by atoms with Gasteiger partial charge in [0.1, 0.15) is 0 Å². The number of nitrogens with one attached hydrogen (secondary N) is 1. The van der Waals surface area contributed by atoms with Crippen LogP contribution in [0.15, 0.2) is 0 Å². The van der Waals surface area contributed by atoms with Gasteiger partial charge in [-0.2, -0.15) is 0 Å². The van der Waals surface area contributed by atoms with E-state index in [0.29, 0.717) is 0 Å². The third-order valence-corrected chi connectivity index (χ3v) is 2.71. The van der Waals surface area contributed by atoms with E-state index in [1.807, 2.05) is 25.7 Å². The molecule has 0 saturated carbocycles. The molecule has 0 saturated heterocycles. The summed E-state index contributed by atoms with van der Waals surface area (Å²) in [6, 6.07) is -0.0962. The maximum absolute atomic E-state index is 11.9. The van der Waals surface area contributed by atoms with Crippen molar-refractivity contribution in [3.63, 3.8) is 0 Å². The van der Waals surface area contributed by atoms with Gasteiger partial charge < -0.3 is 15.0 Å². The van der Waals surface area contributed by atoms with Crippen LogP contribution in [0.4, 0.5) is 0 Å². The number of nitrogens with zero attached hydrogens (tertiary/aromatic N) is 1. The number of hydrogen-bond donors (Lipinski definition) is 1. The number of carbonyl (C=O) groups is 1. The fourth-order valence-corrected chi connectivity index (χ4v) is 1.64. The Balaban J connectivity index is 3.63. The van der Waals surface area contributed by atoms with Crippen molar-refractivity contribution in [3.05, 3.63) is 0 Å². The smallest absolute Gasteiger partial charge is 0.239 e. The van der Waals surface area contributed by atoms with Crippen LogP contribution in [-0.2, 0) is 9.53 Å². The van der Waals surface area contributed by atoms with Crippen molar-refractivity contribution < 1.29 is 9.53 Å². The van der Waals surface area contributed by atoms with E-state index in [1.54, 1.807) is 0 Å². The minimum atomic E-state index is -0.0962. The molecule has 0 aliphatic carbocycles. The summed E-state index contributed by atoms with van der Waals surface area (Å²) in [4.78, 5) is 13.8. The molecule has 0 aromatic heterocycles. The summed E-state index contributed by atoms with van der Waals surface area (Å²) >= 11 is 0. The third-order valence-electron chi connectivity index (χ3n) is 2.71. The predicted molar refractivity (Wildman–Crippen MR) is 71.1 cm³/mol. The highest BCUT2D eigenvalue weighted by Crippen LogP contribution is 1.95. The number of ether oxygens (including phenoxy) is 1. The highest BCUT2D eigenvalue weighted by molar-refractivity contribution is 5.81. The summed E-state index contributed by atoms with van der Waals surface area (Å²) in [7, 11) is 0. The molecular weight excluding hydrogens is 216 g/mol. The van der Waals surface area contributed by atoms with Crippen molar-refractivity contribution in [1.29, 1.82) is 0 Å². The van der Waals surface area contributed by atoms with E-state index in [1.165, 1.54) is 0 Å². The summed E-state index contributed by atoms with van der Waals surface area (Å²) < 4.78 is 5.38. The van der Waals surface area contributed by atoms with Gasteiger partial charge in [0.15, 0.2) is 0 Å². The Morgan fingerprint density at radius 3 is 2.41 bits per heavy atom. The lowest BCUT2D eigenvalue weighted by atomic mass is 10.2. The summed E-state index contributed by atoms with van der Waals surface area (Å²) in [6.45, 7) is 12.0. The van der Waals surface area contributed by atoms with Gasteiger partial charge >= 0.3 is 0 Å². The lowest BCUT2D eigenvalue weighted by Crippen LogP contribution is -2.45. The molecule has 0 radical (unpaired) electrons. The molecule has 4 nitrogen and oxygen atoms in total. The van der Waals surface area contributed by atoms with Crippen LogP contribution in [0.2, 0.25) is 0 Å². The van der Waals surface area contributed by atoms with Gasteiger partial charge in [0.2, 0.25) is 5.91 Å². The van der Waals surface area contributed by atoms with Crippen molar-refractivity contribution in [1.82, 2.24) is 10.2 Å². The SMILES string of the molecule is CCCOCCCNC(C)C(=O)N(CC)CC. The van der Waals surface area contributed by atoms with E-state index in [2.05, 4.69) is 12.2 Å². The Labute approximate surface area is 106 Å². The molecule has 4 heteroatoms. The lowest BCUT2D eigenvalue weighted by molar-refractivity contribution is -0.132. The van der Waals surface area contributed by atoms with Gasteiger partial charge in [-0.25, -0.2) is 0 Å². The van der Waals surface area contributed by atoms with Crippen LogP contribution in [0, 0.1) is 0 Å². The number of amides is 1. The molecule has 1 unspecified atom stereocenters. The van der Waals surface area contributed by atoms with Crippen LogP contribution >= 0.6 is 0 Å². The normalized spacial score (nSPS) is 12.5. The molecule has 0 aliphatic heterocycles. The fourth-order valence-electron chi connectivity index (χ4n) is 1.64. The van der Waals surface area contributed by atoms with Gasteiger partial charge in [-0.15, -0.1) is 0 Å². The van der Waals surface area contributed by atoms with E-state index in [4.69, 9.17) is 4.74 Å². The number of carbonyl (C=O) groups excluding carboxylic acids is 1. The van der Waals surface area contributed by atoms with E-state index in [9.17, 15) is 4.79 Å². The lowest BCUT2D eigenvalue weighted by Gasteiger charge is -2.23. The highest BCUT2D eigenvalue weighted by Gasteiger charge is 2.16. The Morgan fingerprint density at radius 2 is 1.88 bits per heavy atom. The molecule has 1 atom stereocenters. The maximum Gasteiger partial charge on any atom is 0.239 e. The average Bonchev–Trinajstić information content (AvgIpc) is 2.34. The number of hydrogen-bond acceptors (Lipinski definition) is 3. The molecule has 1 N–H and O–H groups in total. The summed E-state index contributed by atoms with van der Waals surface area (Å²) in [5, 5.41) is 3.24. The van der Waals surface area contributed by atoms with Crippen molar-refractivity contribution >= 4 is 5.91 Å². The monoisotopic (exact) mass is 244 g/mol. The Kier molecular flexibility index (Phi) is 10.2. The second kappa shape index (κ2) is 10.5. The molecule has 0 aromatic carbocycles. The molecule has 0 spiro atoms. The predicted octanol–water partition coefficient (Wildman–Crippen LogP) is 1.65. The summed E-state index contributed by atoms with van der Waals surface area (Å²) in [5.74, 6) is 0.185. The van der Waals surface area contributed by atoms with Crippen LogP contribution in [0.5, 0.6) is 0 Å². The minimum Gasteiger partial charge on any atom is -0.381 e. The topological polar surface area (TPSA) is 41.6 Å². The first-order valence-electron chi connectivity index (χ1n) is 6.77. The quantitative estimate of drug-likeness (QED) is 0.594. The van der Waals surface area contributed by atoms with E-state index in [-0.39, 0.29) is 11.9 Å². The van der Waals surface area contributed by atoms with Crippen molar-refractivity contribution in [2.45, 2.75) is 46.6 Å². The van der Waals surface area contributed by atoms with Crippen LogP contribution < -0.4 is 5.32 Å². The van der Waals surface area contributed by atoms with Crippen LogP contribution in [0.1, 0.15) is 40.5 Å². The minimum absolute atomic E-state index is 0.0962. The summed E-state index contributed by atoms with van der Waals surface area (Å²) in [5.41, 5.74) is 0. The van der Waals surface area contributed by atoms with E-state index in [0.717, 1.165) is 45.7 Å². The van der Waals surface area contributed by atoms with Gasteiger partial charge in [-0.3, -0.25) is 4.79 Å². The standard InChI is InChI=1S/C13H28N2O2/c1-5-10-17-11-8-9-14-12(4)13(16)15(6-2)7-3/h12,14H,5-11H2,1-4H3. The van der Waals surface area contributed by atoms with Crippen molar-refractivity contribution in [3.8, 4) is 0 Å². The first-order chi connectivity index (χ1) is 8.17. The Bertz CT molecular complexity index is 194. The second-order valence-electron chi connectivity index (χ2n) is 4.15. The summed E-state index contributed by atoms with van der Waals surface area (Å²) in [6.07, 6.45) is 2.01. The molecule has 0 aliphatic rings. The Morgan fingerprint density at radius 1 is 1.24 bits per heavy atom. The van der Waals surface area contributed by atoms with E-state index >= 15 is 0 Å². The molecule has 102 valence electrons. The zero-order valence-corrected chi connectivity index (χ0v) is 11.8. The molecule has 0 fully saturated rings. The zero-order chi connectivity index (χ0) is 13.1. The molecular formula is C13H28N2O2. The third kappa shape index (κ3) is 7.34. The van der Waals surface area contributed by atoms with Crippen LogP contribution in [0.3, 0.4) is 0 Å². The van der Waals surface area contributed by atoms with Gasteiger partial charge in [-0.05, 0) is 40.2 Å². The first-order valence-corrected chi connectivity index (χ1v) is 6.77. The fraction of sp³-hybridized carbons (Fsp3) is 0.923. The van der Waals surface area contributed by atoms with Gasteiger partial charge in [0.05, 0.1) is 6.04 Å². The molecule has 0 heterocycles. The molecule has 1 amide bonds. The largest absolute Gasteiger partial charge is 0.381 e. The van der Waals surface area contributed by atoms with Crippen molar-refractivity contribution in [2.24, 2.45) is 0 Å². The maximum atomic E-state index is 11.9. The van der Waals surface area contributed by atoms with Crippen LogP contribution in [0.25, 0.3) is 0 Å². The molecule has 17 heavy (non-hydrogen) atoms. The van der Waals surface area contributed by atoms with Gasteiger partial charge in [0.25, 0.3) is 0 Å². The second-order valence-corrected chi connectivity index (χ2v) is 4.15. The molecule has 0 aromatic rings. The van der Waals surface area contributed by atoms with Crippen molar-refractivity contribution in [2.75, 3.05) is 32.8 Å². The van der Waals surface area contributed by atoms with Gasteiger partial charge in [0, 0.05) is 26.3 Å². The van der Waals surface area contributed by atoms with Gasteiger partial charge in [-0.1, -0.05) is 6.92 Å². The Hall–Kier alpha value is -0.610. The zero-order valence-electron chi connectivity index (χ0n) is 11.8. The number of likely N-dealkylation sites (N-methyl/N-ethyl adjacent to an activating group) is 1. The molecule has 0 bridgehead atoms. The number of rotatable bonds is 10. The van der Waals surface area contributed by atoms with Crippen LogP contribution in [-0.4, -0.2) is 49.7 Å². The average molecular weight is 244 g/mol. The first kappa shape index (κ1) is 16.4. The highest BCUT2D eigenvalue weighted by atomic mass is 16.5. The molecule has 0 rings (SSSR count).